The summed E-state index contributed by atoms with van der Waals surface area (Å²) in [6, 6.07) is 0. The predicted octanol–water partition coefficient (Wildman–Crippen LogP) is 0.804. The normalized spacial score (nSPS) is 31.8. The Balaban J connectivity index is 1.92. The monoisotopic (exact) mass is 365 g/mol. The van der Waals surface area contributed by atoms with Gasteiger partial charge in [0.05, 0.1) is 0 Å². The summed E-state index contributed by atoms with van der Waals surface area (Å²) in [7, 11) is -3.67. The number of rotatable bonds is 2. The van der Waals surface area contributed by atoms with Gasteiger partial charge in [-0.05, 0) is 0 Å². The Hall–Kier alpha value is 0.353. The van der Waals surface area contributed by atoms with Crippen LogP contribution in [0.5, 0.6) is 0 Å². The fourth-order valence-electron chi connectivity index (χ4n) is 1.89. The molecule has 0 N–H and O–H groups in total. The second-order valence-corrected chi connectivity index (χ2v) is 16.0. The van der Waals surface area contributed by atoms with Crippen LogP contribution >= 0.6 is 0 Å². The summed E-state index contributed by atoms with van der Waals surface area (Å²) >= 11 is 0.255. The molecule has 4 nitrogen and oxygen atoms in total. The molecule has 0 aromatic heterocycles. The van der Waals surface area contributed by atoms with Crippen LogP contribution in [-0.2, 0) is 13.3 Å². The molecule has 0 aromatic rings. The van der Waals surface area contributed by atoms with Crippen LogP contribution in [0.4, 0.5) is 0 Å². The van der Waals surface area contributed by atoms with E-state index in [0.29, 0.717) is 0 Å². The van der Waals surface area contributed by atoms with Crippen LogP contribution in [0.25, 0.3) is 0 Å². The number of fused-ring (bicyclic) bond motifs is 6. The van der Waals surface area contributed by atoms with Gasteiger partial charge in [-0.3, -0.25) is 0 Å². The van der Waals surface area contributed by atoms with Crippen molar-refractivity contribution in [2.24, 2.45) is 0 Å². The molecule has 3 saturated heterocycles. The topological polar surface area (TPSA) is 30.9 Å². The predicted molar refractivity (Wildman–Crippen MR) is 81.7 cm³/mol. The molecular formula is C12H23NO3SeSi2. The molecule has 0 spiro atoms. The molecule has 108 valence electrons. The number of nitrogens with zero attached hydrogens (tertiary/aromatic N) is 1. The summed E-state index contributed by atoms with van der Waals surface area (Å²) in [6.07, 6.45) is 0. The number of hydrogen-bond acceptors (Lipinski definition) is 4. The second-order valence-electron chi connectivity index (χ2n) is 5.84. The summed E-state index contributed by atoms with van der Waals surface area (Å²) in [5.74, 6) is 0. The van der Waals surface area contributed by atoms with E-state index in [1.807, 2.05) is 0 Å². The summed E-state index contributed by atoms with van der Waals surface area (Å²) in [6.45, 7) is 12.1. The molecule has 3 aliphatic heterocycles. The van der Waals surface area contributed by atoms with Crippen molar-refractivity contribution < 1.29 is 13.3 Å². The van der Waals surface area contributed by atoms with E-state index in [9.17, 15) is 0 Å². The van der Waals surface area contributed by atoms with E-state index in [-0.39, 0.29) is 15.0 Å². The van der Waals surface area contributed by atoms with E-state index < -0.39 is 16.9 Å². The Labute approximate surface area is 124 Å². The molecule has 2 bridgehead atoms. The van der Waals surface area contributed by atoms with Crippen LogP contribution in [-0.4, -0.2) is 76.2 Å². The van der Waals surface area contributed by atoms with Gasteiger partial charge in [-0.15, -0.1) is 0 Å². The molecular weight excluding hydrogens is 341 g/mol. The van der Waals surface area contributed by atoms with Crippen molar-refractivity contribution >= 4 is 31.8 Å². The average Bonchev–Trinajstić information content (AvgIpc) is 2.23. The van der Waals surface area contributed by atoms with Gasteiger partial charge in [0, 0.05) is 0 Å². The first-order valence-corrected chi connectivity index (χ1v) is 14.3. The third kappa shape index (κ3) is 5.33. The third-order valence-corrected chi connectivity index (χ3v) is 10.3. The zero-order chi connectivity index (χ0) is 13.8. The van der Waals surface area contributed by atoms with Crippen LogP contribution in [0.2, 0.25) is 24.6 Å². The van der Waals surface area contributed by atoms with Gasteiger partial charge in [-0.2, -0.15) is 0 Å². The molecule has 3 rings (SSSR count). The standard InChI is InChI=1S/C12H23NO3SeSi2/c1-18(2,3)11-10-17-12-19-14-7-4-13(5-8-15-19)6-9-16-19/h4-9,12H2,1-3H3. The second kappa shape index (κ2) is 6.87. The van der Waals surface area contributed by atoms with Gasteiger partial charge in [-0.1, -0.05) is 0 Å². The van der Waals surface area contributed by atoms with Gasteiger partial charge >= 0.3 is 124 Å². The first-order chi connectivity index (χ1) is 8.99. The van der Waals surface area contributed by atoms with Gasteiger partial charge in [0.1, 0.15) is 0 Å². The Bertz CT molecular complexity index is 338. The molecule has 3 fully saturated rings. The molecule has 0 radical (unpaired) electrons. The summed E-state index contributed by atoms with van der Waals surface area (Å²) < 4.78 is 18.0. The number of hydrogen-bond donors (Lipinski definition) is 0. The van der Waals surface area contributed by atoms with Gasteiger partial charge in [0.2, 0.25) is 0 Å². The van der Waals surface area contributed by atoms with E-state index in [4.69, 9.17) is 13.3 Å². The van der Waals surface area contributed by atoms with Crippen molar-refractivity contribution in [3.05, 3.63) is 0 Å². The van der Waals surface area contributed by atoms with E-state index in [0.717, 1.165) is 44.4 Å². The zero-order valence-corrected chi connectivity index (χ0v) is 15.7. The summed E-state index contributed by atoms with van der Waals surface area (Å²) in [5, 5.41) is 0. The van der Waals surface area contributed by atoms with Crippen molar-refractivity contribution in [3.63, 3.8) is 0 Å². The van der Waals surface area contributed by atoms with E-state index >= 15 is 0 Å². The van der Waals surface area contributed by atoms with Gasteiger partial charge in [0.25, 0.3) is 0 Å². The zero-order valence-electron chi connectivity index (χ0n) is 12.0. The molecule has 3 heterocycles. The van der Waals surface area contributed by atoms with Crippen molar-refractivity contribution in [2.75, 3.05) is 39.5 Å². The van der Waals surface area contributed by atoms with Gasteiger partial charge in [0.15, 0.2) is 0 Å². The average molecular weight is 364 g/mol. The molecule has 3 aliphatic rings. The minimum absolute atomic E-state index is 0.255. The van der Waals surface area contributed by atoms with E-state index in [1.54, 1.807) is 0 Å². The molecule has 0 amide bonds. The maximum absolute atomic E-state index is 5.99. The molecule has 0 saturated carbocycles. The van der Waals surface area contributed by atoms with Gasteiger partial charge < -0.3 is 0 Å². The summed E-state index contributed by atoms with van der Waals surface area (Å²) in [5.41, 5.74) is 3.42. The van der Waals surface area contributed by atoms with Crippen LogP contribution in [0, 0.1) is 10.4 Å². The Kier molecular flexibility index (Phi) is 5.69. The molecule has 0 aromatic carbocycles. The fourth-order valence-corrected chi connectivity index (χ4v) is 9.75. The van der Waals surface area contributed by atoms with Crippen molar-refractivity contribution in [1.82, 2.24) is 4.90 Å². The first-order valence-electron chi connectivity index (χ1n) is 6.77. The Morgan fingerprint density at radius 2 is 1.58 bits per heavy atom. The van der Waals surface area contributed by atoms with Crippen LogP contribution in [0.1, 0.15) is 0 Å². The van der Waals surface area contributed by atoms with Crippen LogP contribution in [0.3, 0.4) is 0 Å². The molecule has 0 aliphatic carbocycles. The van der Waals surface area contributed by atoms with Crippen molar-refractivity contribution in [1.29, 1.82) is 0 Å². The molecule has 0 atom stereocenters. The minimum atomic E-state index is -2.41. The Morgan fingerprint density at radius 1 is 1.05 bits per heavy atom. The molecule has 0 unspecified atom stereocenters. The third-order valence-electron chi connectivity index (χ3n) is 2.94. The van der Waals surface area contributed by atoms with Crippen LogP contribution in [0.15, 0.2) is 0 Å². The quantitative estimate of drug-likeness (QED) is 0.536. The van der Waals surface area contributed by atoms with E-state index in [2.05, 4.69) is 34.9 Å². The fraction of sp³-hybridized carbons (Fsp3) is 0.833. The van der Waals surface area contributed by atoms with Crippen molar-refractivity contribution in [2.45, 2.75) is 24.6 Å². The van der Waals surface area contributed by atoms with Crippen LogP contribution < -0.4 is 0 Å². The van der Waals surface area contributed by atoms with Gasteiger partial charge in [-0.25, -0.2) is 0 Å². The Morgan fingerprint density at radius 3 is 2.05 bits per heavy atom. The van der Waals surface area contributed by atoms with Crippen molar-refractivity contribution in [3.8, 4) is 10.4 Å². The summed E-state index contributed by atoms with van der Waals surface area (Å²) in [4.78, 5) is 6.60. The maximum atomic E-state index is 5.99. The molecule has 7 heteroatoms. The first kappa shape index (κ1) is 15.7. The van der Waals surface area contributed by atoms with E-state index in [1.165, 1.54) is 0 Å². The SMILES string of the molecule is C[Si](C)(C)C#C[Se]C[Si]12OCCN(CCO1)CCO2. The molecule has 19 heavy (non-hydrogen) atoms.